The molecule has 24 heavy (non-hydrogen) atoms. The third-order valence-corrected chi connectivity index (χ3v) is 4.48. The van der Waals surface area contributed by atoms with Gasteiger partial charge in [-0.1, -0.05) is 71.9 Å². The Bertz CT molecular complexity index is 685. The van der Waals surface area contributed by atoms with Crippen LogP contribution in [-0.4, -0.2) is 10.2 Å². The number of rotatable bonds is 3. The molecule has 0 radical (unpaired) electrons. The van der Waals surface area contributed by atoms with Gasteiger partial charge in [0.2, 0.25) is 0 Å². The number of aromatic hydroxyl groups is 2. The van der Waals surface area contributed by atoms with Crippen LogP contribution < -0.4 is 0 Å². The molecule has 0 heterocycles. The van der Waals surface area contributed by atoms with Crippen molar-refractivity contribution in [2.24, 2.45) is 10.8 Å². The summed E-state index contributed by atoms with van der Waals surface area (Å²) in [6, 6.07) is 13.5. The largest absolute Gasteiger partial charge is 0.504 e. The third kappa shape index (κ3) is 4.53. The van der Waals surface area contributed by atoms with Gasteiger partial charge in [-0.15, -0.1) is 0 Å². The van der Waals surface area contributed by atoms with Gasteiger partial charge in [-0.3, -0.25) is 0 Å². The van der Waals surface area contributed by atoms with Crippen LogP contribution in [0.3, 0.4) is 0 Å². The first-order chi connectivity index (χ1) is 11.0. The Labute approximate surface area is 146 Å². The van der Waals surface area contributed by atoms with Crippen molar-refractivity contribution in [1.82, 2.24) is 0 Å². The summed E-state index contributed by atoms with van der Waals surface area (Å²) in [5, 5.41) is 19.1. The van der Waals surface area contributed by atoms with Crippen LogP contribution in [0, 0.1) is 10.8 Å². The lowest BCUT2D eigenvalue weighted by atomic mass is 9.69. The van der Waals surface area contributed by atoms with Crippen LogP contribution >= 0.6 is 0 Å². The smallest absolute Gasteiger partial charge is 0.158 e. The normalized spacial score (nSPS) is 13.8. The first kappa shape index (κ1) is 18.4. The van der Waals surface area contributed by atoms with Gasteiger partial charge in [-0.05, 0) is 52.0 Å². The van der Waals surface area contributed by atoms with Crippen LogP contribution in [0.4, 0.5) is 0 Å². The lowest BCUT2D eigenvalue weighted by Crippen LogP contribution is -2.23. The molecule has 0 aliphatic carbocycles. The van der Waals surface area contributed by atoms with Crippen LogP contribution in [0.1, 0.15) is 59.4 Å². The van der Waals surface area contributed by atoms with E-state index in [0.717, 1.165) is 17.5 Å². The molecule has 1 atom stereocenters. The van der Waals surface area contributed by atoms with Crippen molar-refractivity contribution in [3.63, 3.8) is 0 Å². The van der Waals surface area contributed by atoms with Crippen molar-refractivity contribution < 1.29 is 10.2 Å². The summed E-state index contributed by atoms with van der Waals surface area (Å²) in [5.41, 5.74) is 3.77. The Hall–Kier alpha value is -1.96. The minimum atomic E-state index is -0.0895. The molecule has 2 rings (SSSR count). The number of hydrogen-bond donors (Lipinski definition) is 2. The highest BCUT2D eigenvalue weighted by Gasteiger charge is 2.30. The number of benzene rings is 2. The summed E-state index contributed by atoms with van der Waals surface area (Å²) >= 11 is 0. The van der Waals surface area contributed by atoms with E-state index in [4.69, 9.17) is 0 Å². The lowest BCUT2D eigenvalue weighted by molar-refractivity contribution is 0.229. The van der Waals surface area contributed by atoms with Gasteiger partial charge in [0.1, 0.15) is 0 Å². The second kappa shape index (κ2) is 6.51. The van der Waals surface area contributed by atoms with Crippen LogP contribution in [0.25, 0.3) is 11.1 Å². The summed E-state index contributed by atoms with van der Waals surface area (Å²) < 4.78 is 0. The van der Waals surface area contributed by atoms with Gasteiger partial charge in [0.05, 0.1) is 0 Å². The van der Waals surface area contributed by atoms with Crippen molar-refractivity contribution >= 4 is 0 Å². The minimum absolute atomic E-state index is 0.0862. The molecule has 0 aliphatic heterocycles. The molecule has 2 aromatic carbocycles. The number of phenols is 2. The van der Waals surface area contributed by atoms with E-state index in [0.29, 0.717) is 5.92 Å². The summed E-state index contributed by atoms with van der Waals surface area (Å²) in [5.74, 6) is 0.310. The molecule has 0 fully saturated rings. The summed E-state index contributed by atoms with van der Waals surface area (Å²) in [6.07, 6.45) is 1.13. The molecule has 0 aromatic heterocycles. The zero-order valence-corrected chi connectivity index (χ0v) is 15.7. The number of phenolic OH excluding ortho intramolecular Hbond substituents is 2. The highest BCUT2D eigenvalue weighted by atomic mass is 16.3. The van der Waals surface area contributed by atoms with Crippen LogP contribution in [0.15, 0.2) is 42.5 Å². The molecule has 0 saturated heterocycles. The fourth-order valence-corrected chi connectivity index (χ4v) is 3.15. The Balaban J connectivity index is 2.33. The van der Waals surface area contributed by atoms with Crippen LogP contribution in [-0.2, 0) is 0 Å². The molecule has 2 nitrogen and oxygen atoms in total. The zero-order valence-electron chi connectivity index (χ0n) is 15.7. The van der Waals surface area contributed by atoms with Crippen molar-refractivity contribution in [3.8, 4) is 22.6 Å². The standard InChI is InChI=1S/C22H30O2/c1-21(2,3)14-18(22(4,5)6)16-9-7-15(8-10-16)17-11-12-19(23)20(24)13-17/h7-13,18,23-24H,14H2,1-6H3. The summed E-state index contributed by atoms with van der Waals surface area (Å²) in [7, 11) is 0. The fourth-order valence-electron chi connectivity index (χ4n) is 3.15. The average Bonchev–Trinajstić information content (AvgIpc) is 2.46. The molecular formula is C22H30O2. The molecule has 0 bridgehead atoms. The maximum Gasteiger partial charge on any atom is 0.158 e. The molecular weight excluding hydrogens is 296 g/mol. The quantitative estimate of drug-likeness (QED) is 0.647. The van der Waals surface area contributed by atoms with Crippen molar-refractivity contribution in [3.05, 3.63) is 48.0 Å². The third-order valence-electron chi connectivity index (χ3n) is 4.48. The van der Waals surface area contributed by atoms with Gasteiger partial charge in [-0.2, -0.15) is 0 Å². The highest BCUT2D eigenvalue weighted by molar-refractivity contribution is 5.67. The Morgan fingerprint density at radius 1 is 0.750 bits per heavy atom. The van der Waals surface area contributed by atoms with E-state index in [1.165, 1.54) is 11.6 Å². The monoisotopic (exact) mass is 326 g/mol. The maximum atomic E-state index is 9.69. The van der Waals surface area contributed by atoms with E-state index in [9.17, 15) is 10.2 Å². The lowest BCUT2D eigenvalue weighted by Gasteiger charge is -2.36. The molecule has 2 N–H and O–H groups in total. The highest BCUT2D eigenvalue weighted by Crippen LogP contribution is 2.43. The second-order valence-corrected chi connectivity index (χ2v) is 9.01. The molecule has 0 amide bonds. The van der Waals surface area contributed by atoms with Gasteiger partial charge >= 0.3 is 0 Å². The van der Waals surface area contributed by atoms with Gasteiger partial charge in [0, 0.05) is 0 Å². The van der Waals surface area contributed by atoms with E-state index >= 15 is 0 Å². The first-order valence-electron chi connectivity index (χ1n) is 8.60. The van der Waals surface area contributed by atoms with E-state index in [2.05, 4.69) is 65.8 Å². The second-order valence-electron chi connectivity index (χ2n) is 9.01. The SMILES string of the molecule is CC(C)(C)CC(c1ccc(-c2ccc(O)c(O)c2)cc1)C(C)(C)C. The van der Waals surface area contributed by atoms with Crippen LogP contribution in [0.5, 0.6) is 11.5 Å². The van der Waals surface area contributed by atoms with Crippen molar-refractivity contribution in [2.75, 3.05) is 0 Å². The van der Waals surface area contributed by atoms with Crippen LogP contribution in [0.2, 0.25) is 0 Å². The van der Waals surface area contributed by atoms with E-state index in [-0.39, 0.29) is 22.3 Å². The molecule has 1 unspecified atom stereocenters. The predicted molar refractivity (Wildman–Crippen MR) is 101 cm³/mol. The number of hydrogen-bond acceptors (Lipinski definition) is 2. The van der Waals surface area contributed by atoms with E-state index in [1.807, 2.05) is 6.07 Å². The Morgan fingerprint density at radius 2 is 1.29 bits per heavy atom. The molecule has 2 heteroatoms. The maximum absolute atomic E-state index is 9.69. The Kier molecular flexibility index (Phi) is 4.98. The predicted octanol–water partition coefficient (Wildman–Crippen LogP) is 6.33. The molecule has 2 aromatic rings. The summed E-state index contributed by atoms with van der Waals surface area (Å²) in [6.45, 7) is 13.8. The van der Waals surface area contributed by atoms with E-state index in [1.54, 1.807) is 6.07 Å². The fraction of sp³-hybridized carbons (Fsp3) is 0.455. The van der Waals surface area contributed by atoms with Gasteiger partial charge in [0.15, 0.2) is 11.5 Å². The van der Waals surface area contributed by atoms with Gasteiger partial charge in [0.25, 0.3) is 0 Å². The van der Waals surface area contributed by atoms with Gasteiger partial charge < -0.3 is 10.2 Å². The summed E-state index contributed by atoms with van der Waals surface area (Å²) in [4.78, 5) is 0. The van der Waals surface area contributed by atoms with Crippen molar-refractivity contribution in [1.29, 1.82) is 0 Å². The van der Waals surface area contributed by atoms with E-state index < -0.39 is 0 Å². The minimum Gasteiger partial charge on any atom is -0.504 e. The zero-order chi connectivity index (χ0) is 18.1. The Morgan fingerprint density at radius 3 is 1.75 bits per heavy atom. The first-order valence-corrected chi connectivity index (χ1v) is 8.60. The molecule has 130 valence electrons. The topological polar surface area (TPSA) is 40.5 Å². The molecule has 0 spiro atoms. The van der Waals surface area contributed by atoms with Gasteiger partial charge in [-0.25, -0.2) is 0 Å². The van der Waals surface area contributed by atoms with Crippen molar-refractivity contribution in [2.45, 2.75) is 53.9 Å². The average molecular weight is 326 g/mol. The molecule has 0 saturated carbocycles. The molecule has 0 aliphatic rings.